The van der Waals surface area contributed by atoms with Crippen LogP contribution in [-0.4, -0.2) is 34.5 Å². The number of Topliss-reactive ketones (excluding diaryl/α,β-unsaturated/α-hetero) is 2. The quantitative estimate of drug-likeness (QED) is 0.933. The van der Waals surface area contributed by atoms with Crippen molar-refractivity contribution in [3.05, 3.63) is 71.1 Å². The number of ketones is 2. The first-order valence-electron chi connectivity index (χ1n) is 8.21. The fourth-order valence-electron chi connectivity index (χ4n) is 3.27. The number of halogens is 1. The molecule has 1 aliphatic heterocycles. The van der Waals surface area contributed by atoms with Crippen LogP contribution in [0.25, 0.3) is 0 Å². The topological polar surface area (TPSA) is 62.3 Å². The van der Waals surface area contributed by atoms with Gasteiger partial charge in [0.25, 0.3) is 0 Å². The number of nitrogens with one attached hydrogen (secondary N) is 1. The number of anilines is 1. The molecule has 4 rings (SSSR count). The van der Waals surface area contributed by atoms with Crippen molar-refractivity contribution in [2.24, 2.45) is 0 Å². The Morgan fingerprint density at radius 3 is 2.44 bits per heavy atom. The Labute approximate surface area is 144 Å². The molecule has 1 fully saturated rings. The second kappa shape index (κ2) is 6.12. The second-order valence-corrected chi connectivity index (χ2v) is 6.11. The minimum Gasteiger partial charge on any atom is -0.367 e. The van der Waals surface area contributed by atoms with Gasteiger partial charge in [0.15, 0.2) is 0 Å². The average molecular weight is 337 g/mol. The number of nitrogens with zero attached hydrogens (tertiary/aromatic N) is 2. The molecule has 0 atom stereocenters. The summed E-state index contributed by atoms with van der Waals surface area (Å²) in [6, 6.07) is 8.95. The highest BCUT2D eigenvalue weighted by molar-refractivity contribution is 6.26. The maximum absolute atomic E-state index is 13.1. The Hall–Kier alpha value is -3.02. The summed E-state index contributed by atoms with van der Waals surface area (Å²) in [7, 11) is 0. The lowest BCUT2D eigenvalue weighted by atomic mass is 9.93. The van der Waals surface area contributed by atoms with E-state index in [2.05, 4.69) is 10.3 Å². The molecule has 5 nitrogen and oxygen atoms in total. The lowest BCUT2D eigenvalue weighted by Gasteiger charge is -2.27. The predicted octanol–water partition coefficient (Wildman–Crippen LogP) is 3.02. The van der Waals surface area contributed by atoms with Crippen LogP contribution in [0.2, 0.25) is 0 Å². The van der Waals surface area contributed by atoms with E-state index in [1.807, 2.05) is 4.90 Å². The molecule has 6 heteroatoms. The molecule has 0 saturated carbocycles. The summed E-state index contributed by atoms with van der Waals surface area (Å²) >= 11 is 0. The van der Waals surface area contributed by atoms with Crippen molar-refractivity contribution in [3.8, 4) is 0 Å². The molecular weight excluding hydrogens is 321 g/mol. The monoisotopic (exact) mass is 337 g/mol. The van der Waals surface area contributed by atoms with Gasteiger partial charge in [-0.2, -0.15) is 0 Å². The third-order valence-electron chi connectivity index (χ3n) is 4.48. The summed E-state index contributed by atoms with van der Waals surface area (Å²) in [5.74, 6) is -0.879. The standard InChI is InChI=1S/C19H16FN3O2/c20-12-5-7-13(8-6-12)22-16-17(23-10-1-2-11-23)19(25)15-14(18(16)24)4-3-9-21-15/h3-9,22H,1-2,10-11H2. The van der Waals surface area contributed by atoms with Crippen molar-refractivity contribution in [2.75, 3.05) is 18.4 Å². The molecule has 1 aromatic heterocycles. The third kappa shape index (κ3) is 2.69. The van der Waals surface area contributed by atoms with Crippen LogP contribution >= 0.6 is 0 Å². The number of aromatic nitrogens is 1. The number of carbonyl (C=O) groups excluding carboxylic acids is 2. The van der Waals surface area contributed by atoms with Gasteiger partial charge in [-0.05, 0) is 49.2 Å². The predicted molar refractivity (Wildman–Crippen MR) is 90.8 cm³/mol. The first-order valence-corrected chi connectivity index (χ1v) is 8.21. The summed E-state index contributed by atoms with van der Waals surface area (Å²) in [6.45, 7) is 1.45. The molecule has 1 N–H and O–H groups in total. The Bertz CT molecular complexity index is 884. The number of fused-ring (bicyclic) bond motifs is 1. The van der Waals surface area contributed by atoms with Crippen molar-refractivity contribution in [3.63, 3.8) is 0 Å². The molecule has 1 saturated heterocycles. The number of likely N-dealkylation sites (tertiary alicyclic amines) is 1. The molecule has 25 heavy (non-hydrogen) atoms. The van der Waals surface area contributed by atoms with Crippen molar-refractivity contribution >= 4 is 17.3 Å². The number of carbonyl (C=O) groups is 2. The van der Waals surface area contributed by atoms with Gasteiger partial charge in [0.2, 0.25) is 11.6 Å². The molecule has 0 spiro atoms. The fourth-order valence-corrected chi connectivity index (χ4v) is 3.27. The van der Waals surface area contributed by atoms with Crippen molar-refractivity contribution in [1.82, 2.24) is 9.88 Å². The van der Waals surface area contributed by atoms with Crippen LogP contribution in [0.1, 0.15) is 33.7 Å². The second-order valence-electron chi connectivity index (χ2n) is 6.11. The van der Waals surface area contributed by atoms with Crippen LogP contribution in [-0.2, 0) is 0 Å². The summed E-state index contributed by atoms with van der Waals surface area (Å²) < 4.78 is 13.1. The van der Waals surface area contributed by atoms with Gasteiger partial charge in [-0.3, -0.25) is 14.6 Å². The molecule has 0 unspecified atom stereocenters. The Balaban J connectivity index is 1.82. The van der Waals surface area contributed by atoms with E-state index >= 15 is 0 Å². The van der Waals surface area contributed by atoms with Crippen LogP contribution < -0.4 is 5.32 Å². The Morgan fingerprint density at radius 1 is 1.00 bits per heavy atom. The molecule has 2 heterocycles. The average Bonchev–Trinajstić information content (AvgIpc) is 3.15. The van der Waals surface area contributed by atoms with Crippen LogP contribution in [0.4, 0.5) is 10.1 Å². The largest absolute Gasteiger partial charge is 0.367 e. The van der Waals surface area contributed by atoms with Gasteiger partial charge >= 0.3 is 0 Å². The van der Waals surface area contributed by atoms with E-state index in [0.717, 1.165) is 25.9 Å². The van der Waals surface area contributed by atoms with Gasteiger partial charge in [-0.25, -0.2) is 4.39 Å². The highest BCUT2D eigenvalue weighted by Gasteiger charge is 2.37. The van der Waals surface area contributed by atoms with E-state index < -0.39 is 0 Å². The van der Waals surface area contributed by atoms with Crippen molar-refractivity contribution in [2.45, 2.75) is 12.8 Å². The smallest absolute Gasteiger partial charge is 0.230 e. The van der Waals surface area contributed by atoms with Gasteiger partial charge in [0.05, 0.1) is 5.56 Å². The van der Waals surface area contributed by atoms with E-state index in [1.165, 1.54) is 18.3 Å². The minimum atomic E-state index is -0.361. The van der Waals surface area contributed by atoms with Gasteiger partial charge in [0.1, 0.15) is 22.9 Å². The van der Waals surface area contributed by atoms with Gasteiger partial charge in [-0.1, -0.05) is 0 Å². The molecule has 2 aliphatic rings. The zero-order valence-electron chi connectivity index (χ0n) is 13.5. The van der Waals surface area contributed by atoms with Gasteiger partial charge in [0, 0.05) is 25.0 Å². The lowest BCUT2D eigenvalue weighted by molar-refractivity contribution is 0.0943. The zero-order valence-corrected chi connectivity index (χ0v) is 13.5. The first-order chi connectivity index (χ1) is 12.1. The van der Waals surface area contributed by atoms with Crippen LogP contribution in [0.5, 0.6) is 0 Å². The summed E-state index contributed by atoms with van der Waals surface area (Å²) in [5.41, 5.74) is 1.64. The molecule has 0 bridgehead atoms. The van der Waals surface area contributed by atoms with E-state index in [4.69, 9.17) is 0 Å². The van der Waals surface area contributed by atoms with E-state index in [1.54, 1.807) is 24.3 Å². The summed E-state index contributed by atoms with van der Waals surface area (Å²) in [4.78, 5) is 32.0. The Kier molecular flexibility index (Phi) is 3.80. The zero-order chi connectivity index (χ0) is 17.4. The lowest BCUT2D eigenvalue weighted by Crippen LogP contribution is -2.35. The van der Waals surface area contributed by atoms with Crippen LogP contribution in [0.3, 0.4) is 0 Å². The molecule has 1 aromatic carbocycles. The number of benzene rings is 1. The van der Waals surface area contributed by atoms with Gasteiger partial charge < -0.3 is 10.2 Å². The maximum Gasteiger partial charge on any atom is 0.230 e. The van der Waals surface area contributed by atoms with Gasteiger partial charge in [-0.15, -0.1) is 0 Å². The fraction of sp³-hybridized carbons (Fsp3) is 0.211. The van der Waals surface area contributed by atoms with E-state index in [0.29, 0.717) is 16.9 Å². The number of hydrogen-bond donors (Lipinski definition) is 1. The number of rotatable bonds is 3. The molecule has 0 radical (unpaired) electrons. The van der Waals surface area contributed by atoms with Crippen LogP contribution in [0, 0.1) is 5.82 Å². The molecule has 0 amide bonds. The summed E-state index contributed by atoms with van der Waals surface area (Å²) in [5, 5.41) is 3.03. The third-order valence-corrected chi connectivity index (χ3v) is 4.48. The summed E-state index contributed by atoms with van der Waals surface area (Å²) in [6.07, 6.45) is 3.47. The number of hydrogen-bond acceptors (Lipinski definition) is 5. The normalized spacial score (nSPS) is 17.1. The minimum absolute atomic E-state index is 0.194. The van der Waals surface area contributed by atoms with E-state index in [9.17, 15) is 14.0 Å². The molecule has 126 valence electrons. The molecular formula is C19H16FN3O2. The van der Waals surface area contributed by atoms with Crippen molar-refractivity contribution in [1.29, 1.82) is 0 Å². The molecule has 2 aromatic rings. The first kappa shape index (κ1) is 15.5. The van der Waals surface area contributed by atoms with Crippen molar-refractivity contribution < 1.29 is 14.0 Å². The van der Waals surface area contributed by atoms with Crippen LogP contribution in [0.15, 0.2) is 54.0 Å². The number of pyridine rings is 1. The highest BCUT2D eigenvalue weighted by Crippen LogP contribution is 2.30. The SMILES string of the molecule is O=C1C(Nc2ccc(F)cc2)=C(N2CCCC2)C(=O)c2ncccc21. The highest BCUT2D eigenvalue weighted by atomic mass is 19.1. The number of allylic oxidation sites excluding steroid dienone is 2. The van der Waals surface area contributed by atoms with E-state index in [-0.39, 0.29) is 28.8 Å². The maximum atomic E-state index is 13.1. The molecule has 1 aliphatic carbocycles. The Morgan fingerprint density at radius 2 is 1.72 bits per heavy atom.